The summed E-state index contributed by atoms with van der Waals surface area (Å²) in [5, 5.41) is 17.1. The molecule has 0 saturated heterocycles. The molecule has 0 aliphatic carbocycles. The maximum Gasteiger partial charge on any atom is 0.244 e. The van der Waals surface area contributed by atoms with Gasteiger partial charge in [0.15, 0.2) is 0 Å². The van der Waals surface area contributed by atoms with Gasteiger partial charge in [-0.15, -0.1) is 0 Å². The fourth-order valence-electron chi connectivity index (χ4n) is 2.47. The van der Waals surface area contributed by atoms with E-state index < -0.39 is 12.1 Å². The molecule has 0 fully saturated rings. The lowest BCUT2D eigenvalue weighted by molar-refractivity contribution is -0.124. The van der Waals surface area contributed by atoms with Crippen molar-refractivity contribution in [1.29, 1.82) is 0 Å². The Labute approximate surface area is 131 Å². The number of rotatable bonds is 6. The number of hydrogen-bond donors (Lipinski definition) is 2. The van der Waals surface area contributed by atoms with Gasteiger partial charge in [0.2, 0.25) is 5.91 Å². The highest BCUT2D eigenvalue weighted by atomic mass is 16.3. The molecule has 2 N–H and O–H groups in total. The van der Waals surface area contributed by atoms with Gasteiger partial charge in [0.1, 0.15) is 6.04 Å². The minimum atomic E-state index is -0.598. The summed E-state index contributed by atoms with van der Waals surface area (Å²) in [4.78, 5) is 12.2. The Bertz CT molecular complexity index is 622. The second-order valence-corrected chi connectivity index (χ2v) is 5.64. The van der Waals surface area contributed by atoms with Crippen molar-refractivity contribution < 1.29 is 9.90 Å². The lowest BCUT2D eigenvalue weighted by atomic mass is 10.1. The van der Waals surface area contributed by atoms with Crippen molar-refractivity contribution in [3.63, 3.8) is 0 Å². The molecule has 1 aromatic heterocycles. The number of aryl methyl sites for hydroxylation is 2. The molecule has 5 nitrogen and oxygen atoms in total. The molecule has 118 valence electrons. The number of carbonyl (C=O) groups excluding carboxylic acids is 1. The fraction of sp³-hybridized carbons (Fsp3) is 0.412. The van der Waals surface area contributed by atoms with Crippen LogP contribution in [0, 0.1) is 13.8 Å². The van der Waals surface area contributed by atoms with Crippen LogP contribution < -0.4 is 5.32 Å². The minimum absolute atomic E-state index is 0.140. The van der Waals surface area contributed by atoms with Gasteiger partial charge in [0, 0.05) is 18.7 Å². The molecule has 2 aromatic rings. The van der Waals surface area contributed by atoms with Crippen LogP contribution in [0.4, 0.5) is 0 Å². The van der Waals surface area contributed by atoms with E-state index in [0.29, 0.717) is 6.42 Å². The van der Waals surface area contributed by atoms with Gasteiger partial charge in [-0.05, 0) is 32.4 Å². The highest BCUT2D eigenvalue weighted by Gasteiger charge is 2.18. The molecule has 0 aliphatic rings. The van der Waals surface area contributed by atoms with Gasteiger partial charge in [-0.25, -0.2) is 0 Å². The molecule has 22 heavy (non-hydrogen) atoms. The Hall–Kier alpha value is -2.14. The minimum Gasteiger partial charge on any atom is -0.391 e. The van der Waals surface area contributed by atoms with Gasteiger partial charge >= 0.3 is 0 Å². The Kier molecular flexibility index (Phi) is 5.33. The smallest absolute Gasteiger partial charge is 0.244 e. The predicted molar refractivity (Wildman–Crippen MR) is 85.6 cm³/mol. The monoisotopic (exact) mass is 301 g/mol. The first-order valence-electron chi connectivity index (χ1n) is 7.50. The summed E-state index contributed by atoms with van der Waals surface area (Å²) >= 11 is 0. The standard InChI is InChI=1S/C17H23N3O2/c1-12-9-13(2)20(19-12)14(3)17(22)18-11-16(21)10-15-7-5-4-6-8-15/h4-9,14,16,21H,10-11H2,1-3H3,(H,18,22). The van der Waals surface area contributed by atoms with Gasteiger partial charge < -0.3 is 10.4 Å². The van der Waals surface area contributed by atoms with Crippen LogP contribution in [0.2, 0.25) is 0 Å². The van der Waals surface area contributed by atoms with E-state index in [1.54, 1.807) is 11.6 Å². The summed E-state index contributed by atoms with van der Waals surface area (Å²) in [6.45, 7) is 5.86. The fourth-order valence-corrected chi connectivity index (χ4v) is 2.47. The van der Waals surface area contributed by atoms with Gasteiger partial charge in [0.25, 0.3) is 0 Å². The van der Waals surface area contributed by atoms with Crippen molar-refractivity contribution >= 4 is 5.91 Å². The average molecular weight is 301 g/mol. The van der Waals surface area contributed by atoms with Crippen molar-refractivity contribution in [3.05, 3.63) is 53.3 Å². The number of nitrogens with one attached hydrogen (secondary N) is 1. The lowest BCUT2D eigenvalue weighted by Crippen LogP contribution is -2.37. The number of hydrogen-bond acceptors (Lipinski definition) is 3. The van der Waals surface area contributed by atoms with Gasteiger partial charge in [-0.1, -0.05) is 30.3 Å². The molecule has 2 unspecified atom stereocenters. The molecule has 1 heterocycles. The van der Waals surface area contributed by atoms with Crippen molar-refractivity contribution in [3.8, 4) is 0 Å². The second kappa shape index (κ2) is 7.22. The summed E-state index contributed by atoms with van der Waals surface area (Å²) in [6, 6.07) is 11.3. The summed E-state index contributed by atoms with van der Waals surface area (Å²) < 4.78 is 1.70. The van der Waals surface area contributed by atoms with E-state index in [9.17, 15) is 9.90 Å². The third-order valence-electron chi connectivity index (χ3n) is 3.62. The van der Waals surface area contributed by atoms with Crippen molar-refractivity contribution in [2.45, 2.75) is 39.3 Å². The summed E-state index contributed by atoms with van der Waals surface area (Å²) in [5.74, 6) is -0.140. The quantitative estimate of drug-likeness (QED) is 0.854. The van der Waals surface area contributed by atoms with E-state index in [1.165, 1.54) is 0 Å². The van der Waals surface area contributed by atoms with Crippen LogP contribution in [0.25, 0.3) is 0 Å². The van der Waals surface area contributed by atoms with Crippen molar-refractivity contribution in [1.82, 2.24) is 15.1 Å². The van der Waals surface area contributed by atoms with Crippen LogP contribution in [-0.4, -0.2) is 33.4 Å². The zero-order valence-electron chi connectivity index (χ0n) is 13.3. The second-order valence-electron chi connectivity index (χ2n) is 5.64. The molecule has 0 aliphatic heterocycles. The third-order valence-corrected chi connectivity index (χ3v) is 3.62. The number of aliphatic hydroxyl groups is 1. The van der Waals surface area contributed by atoms with Crippen LogP contribution in [0.1, 0.15) is 29.9 Å². The Morgan fingerprint density at radius 3 is 2.59 bits per heavy atom. The van der Waals surface area contributed by atoms with Crippen LogP contribution >= 0.6 is 0 Å². The molecular weight excluding hydrogens is 278 g/mol. The number of aromatic nitrogens is 2. The van der Waals surface area contributed by atoms with E-state index in [1.807, 2.05) is 50.2 Å². The van der Waals surface area contributed by atoms with Gasteiger partial charge in [-0.3, -0.25) is 9.48 Å². The molecule has 0 spiro atoms. The zero-order valence-corrected chi connectivity index (χ0v) is 13.3. The van der Waals surface area contributed by atoms with Crippen LogP contribution in [0.3, 0.4) is 0 Å². The molecule has 2 rings (SSSR count). The SMILES string of the molecule is Cc1cc(C)n(C(C)C(=O)NCC(O)Cc2ccccc2)n1. The maximum atomic E-state index is 12.2. The maximum absolute atomic E-state index is 12.2. The highest BCUT2D eigenvalue weighted by Crippen LogP contribution is 2.11. The largest absolute Gasteiger partial charge is 0.391 e. The van der Waals surface area contributed by atoms with E-state index in [0.717, 1.165) is 17.0 Å². The van der Waals surface area contributed by atoms with E-state index >= 15 is 0 Å². The summed E-state index contributed by atoms with van der Waals surface area (Å²) in [5.41, 5.74) is 2.89. The lowest BCUT2D eigenvalue weighted by Gasteiger charge is -2.17. The van der Waals surface area contributed by atoms with Crippen LogP contribution in [0.15, 0.2) is 36.4 Å². The highest BCUT2D eigenvalue weighted by molar-refractivity contribution is 5.79. The first-order valence-corrected chi connectivity index (χ1v) is 7.50. The Morgan fingerprint density at radius 1 is 1.32 bits per heavy atom. The van der Waals surface area contributed by atoms with Gasteiger partial charge in [-0.2, -0.15) is 5.10 Å². The number of amides is 1. The topological polar surface area (TPSA) is 67.2 Å². The summed E-state index contributed by atoms with van der Waals surface area (Å²) in [6.07, 6.45) is -0.0749. The van der Waals surface area contributed by atoms with Crippen molar-refractivity contribution in [2.75, 3.05) is 6.54 Å². The normalized spacial score (nSPS) is 13.6. The predicted octanol–water partition coefficient (Wildman–Crippen LogP) is 1.78. The third kappa shape index (κ3) is 4.18. The van der Waals surface area contributed by atoms with Crippen LogP contribution in [0.5, 0.6) is 0 Å². The number of aliphatic hydroxyl groups excluding tert-OH is 1. The van der Waals surface area contributed by atoms with Crippen molar-refractivity contribution in [2.24, 2.45) is 0 Å². The molecule has 0 saturated carbocycles. The average Bonchev–Trinajstić information content (AvgIpc) is 2.83. The Balaban J connectivity index is 1.85. The summed E-state index contributed by atoms with van der Waals surface area (Å²) in [7, 11) is 0. The first kappa shape index (κ1) is 16.2. The zero-order chi connectivity index (χ0) is 16.1. The molecule has 5 heteroatoms. The van der Waals surface area contributed by atoms with E-state index in [2.05, 4.69) is 10.4 Å². The number of benzene rings is 1. The van der Waals surface area contributed by atoms with E-state index in [4.69, 9.17) is 0 Å². The Morgan fingerprint density at radius 2 is 2.00 bits per heavy atom. The molecule has 2 atom stereocenters. The molecule has 1 aromatic carbocycles. The first-order chi connectivity index (χ1) is 10.5. The molecule has 0 radical (unpaired) electrons. The number of carbonyl (C=O) groups is 1. The molecule has 0 bridgehead atoms. The van der Waals surface area contributed by atoms with Gasteiger partial charge in [0.05, 0.1) is 11.8 Å². The number of nitrogens with zero attached hydrogens (tertiary/aromatic N) is 2. The van der Waals surface area contributed by atoms with E-state index in [-0.39, 0.29) is 12.5 Å². The molecular formula is C17H23N3O2. The van der Waals surface area contributed by atoms with Crippen LogP contribution in [-0.2, 0) is 11.2 Å². The molecule has 1 amide bonds.